The number of benzene rings is 1. The molecule has 1 N–H and O–H groups in total. The lowest BCUT2D eigenvalue weighted by molar-refractivity contribution is -0.141. The molecule has 0 amide bonds. The number of aryl methyl sites for hydroxylation is 3. The van der Waals surface area contributed by atoms with Gasteiger partial charge in [0.25, 0.3) is 0 Å². The van der Waals surface area contributed by atoms with E-state index in [4.69, 9.17) is 0 Å². The lowest BCUT2D eigenvalue weighted by atomic mass is 10.0. The van der Waals surface area contributed by atoms with Crippen molar-refractivity contribution in [3.05, 3.63) is 45.6 Å². The maximum atomic E-state index is 13.2. The molecule has 0 aliphatic rings. The number of hydrogen-bond donors (Lipinski definition) is 1. The van der Waals surface area contributed by atoms with Crippen LogP contribution in [-0.2, 0) is 12.6 Å². The number of fused-ring (bicyclic) bond motifs is 1. The molecule has 2 aromatic heterocycles. The summed E-state index contributed by atoms with van der Waals surface area (Å²) in [7, 11) is 0. The molecule has 1 aromatic carbocycles. The van der Waals surface area contributed by atoms with E-state index in [1.165, 1.54) is 0 Å². The van der Waals surface area contributed by atoms with E-state index >= 15 is 0 Å². The van der Waals surface area contributed by atoms with Crippen LogP contribution < -0.4 is 0 Å². The smallest absolute Gasteiger partial charge is 0.435 e. The first-order valence-electron chi connectivity index (χ1n) is 7.57. The molecule has 0 bridgehead atoms. The second-order valence-electron chi connectivity index (χ2n) is 5.76. The minimum absolute atomic E-state index is 0.0369. The second kappa shape index (κ2) is 5.87. The molecule has 0 saturated carbocycles. The highest BCUT2D eigenvalue weighted by molar-refractivity contribution is 7.17. The van der Waals surface area contributed by atoms with Gasteiger partial charge in [-0.15, -0.1) is 11.3 Å². The minimum atomic E-state index is -4.83. The first kappa shape index (κ1) is 17.5. The molecule has 4 nitrogen and oxygen atoms in total. The van der Waals surface area contributed by atoms with Crippen LogP contribution in [0.4, 0.5) is 13.2 Å². The van der Waals surface area contributed by atoms with Crippen LogP contribution in [0.2, 0.25) is 0 Å². The summed E-state index contributed by atoms with van der Waals surface area (Å²) in [6, 6.07) is 5.52. The summed E-state index contributed by atoms with van der Waals surface area (Å²) in [5.74, 6) is -1.65. The first-order valence-corrected chi connectivity index (χ1v) is 8.39. The largest absolute Gasteiger partial charge is 0.476 e. The molecular weight excluding hydrogens is 353 g/mol. The molecule has 0 aliphatic carbocycles. The van der Waals surface area contributed by atoms with E-state index in [0.29, 0.717) is 17.7 Å². The van der Waals surface area contributed by atoms with Crippen molar-refractivity contribution in [1.29, 1.82) is 0 Å². The van der Waals surface area contributed by atoms with Crippen molar-refractivity contribution in [1.82, 2.24) is 9.38 Å². The zero-order valence-electron chi connectivity index (χ0n) is 13.7. The van der Waals surface area contributed by atoms with Crippen LogP contribution in [0, 0.1) is 13.8 Å². The number of carboxylic acid groups (broad SMARTS) is 1. The topological polar surface area (TPSA) is 54.6 Å². The number of nitrogens with zero attached hydrogens (tertiary/aromatic N) is 2. The van der Waals surface area contributed by atoms with Crippen LogP contribution >= 0.6 is 11.3 Å². The Morgan fingerprint density at radius 2 is 1.96 bits per heavy atom. The summed E-state index contributed by atoms with van der Waals surface area (Å²) in [4.78, 5) is 16.0. The number of carbonyl (C=O) groups is 1. The molecule has 0 radical (unpaired) electrons. The lowest BCUT2D eigenvalue weighted by Gasteiger charge is -2.09. The predicted molar refractivity (Wildman–Crippen MR) is 89.3 cm³/mol. The summed E-state index contributed by atoms with van der Waals surface area (Å²) in [6.45, 7) is 5.72. The van der Waals surface area contributed by atoms with Gasteiger partial charge in [-0.25, -0.2) is 9.78 Å². The van der Waals surface area contributed by atoms with Crippen LogP contribution in [0.25, 0.3) is 16.2 Å². The van der Waals surface area contributed by atoms with Crippen LogP contribution in [0.3, 0.4) is 0 Å². The number of thiazole rings is 1. The van der Waals surface area contributed by atoms with Crippen molar-refractivity contribution in [2.24, 2.45) is 0 Å². The number of carboxylic acids is 1. The van der Waals surface area contributed by atoms with E-state index in [2.05, 4.69) is 4.98 Å². The lowest BCUT2D eigenvalue weighted by Crippen LogP contribution is -2.14. The molecule has 8 heteroatoms. The number of aromatic nitrogens is 2. The van der Waals surface area contributed by atoms with Gasteiger partial charge in [-0.1, -0.05) is 19.1 Å². The fourth-order valence-electron chi connectivity index (χ4n) is 2.77. The number of alkyl halides is 3. The molecule has 0 spiro atoms. The summed E-state index contributed by atoms with van der Waals surface area (Å²) < 4.78 is 40.8. The normalized spacial score (nSPS) is 12.1. The maximum Gasteiger partial charge on any atom is 0.435 e. The van der Waals surface area contributed by atoms with Crippen LogP contribution in [0.15, 0.2) is 18.2 Å². The summed E-state index contributed by atoms with van der Waals surface area (Å²) in [5, 5.41) is 9.41. The zero-order valence-corrected chi connectivity index (χ0v) is 14.5. The fraction of sp³-hybridized carbons (Fsp3) is 0.294. The third-order valence-electron chi connectivity index (χ3n) is 4.12. The molecule has 0 fully saturated rings. The Morgan fingerprint density at radius 3 is 2.48 bits per heavy atom. The van der Waals surface area contributed by atoms with Gasteiger partial charge in [0.1, 0.15) is 0 Å². The fourth-order valence-corrected chi connectivity index (χ4v) is 3.85. The van der Waals surface area contributed by atoms with Gasteiger partial charge in [0.2, 0.25) is 0 Å². The van der Waals surface area contributed by atoms with Crippen LogP contribution in [0.5, 0.6) is 0 Å². The average Bonchev–Trinajstić information content (AvgIpc) is 3.04. The van der Waals surface area contributed by atoms with Gasteiger partial charge in [0, 0.05) is 4.88 Å². The molecule has 0 saturated heterocycles. The predicted octanol–water partition coefficient (Wildman–Crippen LogP) is 4.96. The third kappa shape index (κ3) is 2.80. The molecule has 3 aromatic rings. The van der Waals surface area contributed by atoms with E-state index in [0.717, 1.165) is 31.7 Å². The number of hydrogen-bond acceptors (Lipinski definition) is 3. The van der Waals surface area contributed by atoms with Crippen molar-refractivity contribution in [2.75, 3.05) is 0 Å². The molecule has 0 atom stereocenters. The Bertz CT molecular complexity index is 986. The van der Waals surface area contributed by atoms with Gasteiger partial charge in [0.05, 0.1) is 5.69 Å². The molecule has 2 heterocycles. The number of halogens is 3. The zero-order chi connectivity index (χ0) is 18.5. The quantitative estimate of drug-likeness (QED) is 0.711. The van der Waals surface area contributed by atoms with Gasteiger partial charge in [-0.3, -0.25) is 4.40 Å². The standard InChI is InChI=1S/C17H15F3N2O2S/c1-4-11-12(10-6-5-8(2)9(3)7-10)22-13(15(23)24)14(17(18,19)20)21-16(22)25-11/h5-7H,4H2,1-3H3,(H,23,24). The Balaban J connectivity index is 2.42. The van der Waals surface area contributed by atoms with Gasteiger partial charge >= 0.3 is 12.1 Å². The Kier molecular flexibility index (Phi) is 4.10. The van der Waals surface area contributed by atoms with E-state index in [1.54, 1.807) is 6.07 Å². The highest BCUT2D eigenvalue weighted by Gasteiger charge is 2.41. The molecule has 0 aliphatic heterocycles. The van der Waals surface area contributed by atoms with Crippen molar-refractivity contribution in [2.45, 2.75) is 33.4 Å². The summed E-state index contributed by atoms with van der Waals surface area (Å²) in [5.41, 5.74) is 0.969. The Labute approximate surface area is 145 Å². The van der Waals surface area contributed by atoms with Crippen molar-refractivity contribution in [3.8, 4) is 11.3 Å². The summed E-state index contributed by atoms with van der Waals surface area (Å²) in [6.07, 6.45) is -4.26. The number of rotatable bonds is 3. The van der Waals surface area contributed by atoms with Gasteiger partial charge in [-0.05, 0) is 43.0 Å². The minimum Gasteiger partial charge on any atom is -0.476 e. The van der Waals surface area contributed by atoms with E-state index < -0.39 is 23.5 Å². The molecule has 0 unspecified atom stereocenters. The van der Waals surface area contributed by atoms with E-state index in [1.807, 2.05) is 32.9 Å². The van der Waals surface area contributed by atoms with Crippen molar-refractivity contribution in [3.63, 3.8) is 0 Å². The molecule has 25 heavy (non-hydrogen) atoms. The molecule has 132 valence electrons. The van der Waals surface area contributed by atoms with E-state index in [-0.39, 0.29) is 4.96 Å². The number of aromatic carboxylic acids is 1. The van der Waals surface area contributed by atoms with Crippen molar-refractivity contribution < 1.29 is 23.1 Å². The number of imidazole rings is 1. The van der Waals surface area contributed by atoms with Gasteiger partial charge in [0.15, 0.2) is 16.3 Å². The van der Waals surface area contributed by atoms with Crippen LogP contribution in [-0.4, -0.2) is 20.5 Å². The highest BCUT2D eigenvalue weighted by atomic mass is 32.1. The monoisotopic (exact) mass is 368 g/mol. The Hall–Kier alpha value is -2.35. The van der Waals surface area contributed by atoms with Crippen LogP contribution in [0.1, 0.15) is 39.1 Å². The average molecular weight is 368 g/mol. The van der Waals surface area contributed by atoms with Crippen molar-refractivity contribution >= 4 is 22.3 Å². The molecule has 3 rings (SSSR count). The third-order valence-corrected chi connectivity index (χ3v) is 5.31. The SMILES string of the molecule is CCc1sc2nc(C(F)(F)F)c(C(=O)O)n2c1-c1ccc(C)c(C)c1. The molecular formula is C17H15F3N2O2S. The van der Waals surface area contributed by atoms with E-state index in [9.17, 15) is 23.1 Å². The Morgan fingerprint density at radius 1 is 1.28 bits per heavy atom. The summed E-state index contributed by atoms with van der Waals surface area (Å²) >= 11 is 1.09. The first-order chi connectivity index (χ1) is 11.6. The van der Waals surface area contributed by atoms with Gasteiger partial charge < -0.3 is 5.11 Å². The highest BCUT2D eigenvalue weighted by Crippen LogP contribution is 2.39. The maximum absolute atomic E-state index is 13.2. The van der Waals surface area contributed by atoms with Gasteiger partial charge in [-0.2, -0.15) is 13.2 Å². The second-order valence-corrected chi connectivity index (χ2v) is 6.82.